The van der Waals surface area contributed by atoms with Crippen LogP contribution in [0.3, 0.4) is 0 Å². The van der Waals surface area contributed by atoms with Crippen LogP contribution in [-0.4, -0.2) is 40.9 Å². The molecule has 0 saturated carbocycles. The maximum Gasteiger partial charge on any atom is 0.244 e. The highest BCUT2D eigenvalue weighted by Crippen LogP contribution is 2.29. The lowest BCUT2D eigenvalue weighted by atomic mass is 10.2. The van der Waals surface area contributed by atoms with Crippen LogP contribution in [0.15, 0.2) is 6.07 Å². The molecular weight excluding hydrogens is 276 g/mol. The normalized spacial score (nSPS) is 12.2. The minimum absolute atomic E-state index is 0.0222. The van der Waals surface area contributed by atoms with Gasteiger partial charge in [0.15, 0.2) is 0 Å². The van der Waals surface area contributed by atoms with Crippen molar-refractivity contribution >= 4 is 39.2 Å². The van der Waals surface area contributed by atoms with Crippen molar-refractivity contribution < 1.29 is 4.79 Å². The minimum atomic E-state index is -0.381. The van der Waals surface area contributed by atoms with Crippen LogP contribution in [-0.2, 0) is 4.79 Å². The van der Waals surface area contributed by atoms with Crippen LogP contribution in [0.1, 0.15) is 11.8 Å². The minimum Gasteiger partial charge on any atom is -0.358 e. The number of likely N-dealkylation sites (N-methyl/N-ethyl adjacent to an activating group) is 1. The van der Waals surface area contributed by atoms with Crippen molar-refractivity contribution in [3.05, 3.63) is 10.9 Å². The number of nitrogens with two attached hydrogens (primary N) is 1. The van der Waals surface area contributed by atoms with E-state index in [0.717, 1.165) is 15.1 Å². The highest BCUT2D eigenvalue weighted by molar-refractivity contribution is 7.18. The molecule has 0 bridgehead atoms. The van der Waals surface area contributed by atoms with Gasteiger partial charge in [0.05, 0.1) is 5.39 Å². The number of rotatable bonds is 4. The number of anilines is 2. The Hall–Kier alpha value is -1.93. The van der Waals surface area contributed by atoms with Crippen LogP contribution in [0, 0.1) is 6.92 Å². The number of fused-ring (bicyclic) bond motifs is 1. The van der Waals surface area contributed by atoms with Gasteiger partial charge in [-0.25, -0.2) is 10.8 Å². The van der Waals surface area contributed by atoms with E-state index in [2.05, 4.69) is 20.7 Å². The maximum absolute atomic E-state index is 11.9. The summed E-state index contributed by atoms with van der Waals surface area (Å²) in [6, 6.07) is 1.61. The van der Waals surface area contributed by atoms with Gasteiger partial charge in [0.1, 0.15) is 16.7 Å². The van der Waals surface area contributed by atoms with E-state index >= 15 is 0 Å². The van der Waals surface area contributed by atoms with Gasteiger partial charge in [0.25, 0.3) is 0 Å². The lowest BCUT2D eigenvalue weighted by Gasteiger charge is -2.19. The molecule has 4 N–H and O–H groups in total. The van der Waals surface area contributed by atoms with E-state index in [1.165, 1.54) is 4.90 Å². The molecule has 108 valence electrons. The molecule has 0 saturated heterocycles. The number of nitrogens with one attached hydrogen (secondary N) is 2. The summed E-state index contributed by atoms with van der Waals surface area (Å²) >= 11 is 1.56. The third kappa shape index (κ3) is 2.81. The predicted octanol–water partition coefficient (Wildman–Crippen LogP) is 1.17. The van der Waals surface area contributed by atoms with Gasteiger partial charge in [0.2, 0.25) is 11.9 Å². The largest absolute Gasteiger partial charge is 0.358 e. The van der Waals surface area contributed by atoms with E-state index in [9.17, 15) is 4.79 Å². The van der Waals surface area contributed by atoms with Gasteiger partial charge in [-0.1, -0.05) is 0 Å². The van der Waals surface area contributed by atoms with E-state index in [4.69, 9.17) is 5.84 Å². The number of aryl methyl sites for hydroxylation is 1. The van der Waals surface area contributed by atoms with Crippen LogP contribution >= 0.6 is 11.3 Å². The van der Waals surface area contributed by atoms with Crippen LogP contribution < -0.4 is 16.6 Å². The molecule has 2 rings (SSSR count). The first-order chi connectivity index (χ1) is 9.42. The number of aromatic nitrogens is 2. The van der Waals surface area contributed by atoms with Gasteiger partial charge < -0.3 is 10.2 Å². The van der Waals surface area contributed by atoms with Crippen LogP contribution in [0.25, 0.3) is 10.2 Å². The predicted molar refractivity (Wildman–Crippen MR) is 81.7 cm³/mol. The van der Waals surface area contributed by atoms with Crippen molar-refractivity contribution in [2.24, 2.45) is 5.84 Å². The topological polar surface area (TPSA) is 96.2 Å². The second kappa shape index (κ2) is 5.59. The molecule has 1 atom stereocenters. The smallest absolute Gasteiger partial charge is 0.244 e. The van der Waals surface area contributed by atoms with E-state index < -0.39 is 0 Å². The molecule has 0 spiro atoms. The number of hydrogen-bond donors (Lipinski definition) is 3. The molecule has 2 aromatic rings. The summed E-state index contributed by atoms with van der Waals surface area (Å²) in [5.41, 5.74) is 2.44. The van der Waals surface area contributed by atoms with Gasteiger partial charge in [-0.3, -0.25) is 10.2 Å². The molecule has 1 unspecified atom stereocenters. The van der Waals surface area contributed by atoms with Gasteiger partial charge in [-0.15, -0.1) is 11.3 Å². The van der Waals surface area contributed by atoms with Gasteiger partial charge in [0, 0.05) is 19.0 Å². The first-order valence-electron chi connectivity index (χ1n) is 6.15. The zero-order valence-corrected chi connectivity index (χ0v) is 12.7. The zero-order chi connectivity index (χ0) is 14.9. The van der Waals surface area contributed by atoms with Gasteiger partial charge >= 0.3 is 0 Å². The lowest BCUT2D eigenvalue weighted by Crippen LogP contribution is -2.37. The molecule has 0 aliphatic heterocycles. The fraction of sp³-hybridized carbons (Fsp3) is 0.417. The van der Waals surface area contributed by atoms with Crippen LogP contribution in [0.5, 0.6) is 0 Å². The highest BCUT2D eigenvalue weighted by Gasteiger charge is 2.18. The molecule has 0 aliphatic rings. The zero-order valence-electron chi connectivity index (χ0n) is 11.9. The molecule has 0 aromatic carbocycles. The highest BCUT2D eigenvalue weighted by atomic mass is 32.1. The fourth-order valence-electron chi connectivity index (χ4n) is 1.87. The molecule has 20 heavy (non-hydrogen) atoms. The second-order valence-corrected chi connectivity index (χ2v) is 5.95. The third-order valence-electron chi connectivity index (χ3n) is 2.81. The third-order valence-corrected chi connectivity index (χ3v) is 3.75. The fourth-order valence-corrected chi connectivity index (χ4v) is 2.75. The summed E-state index contributed by atoms with van der Waals surface area (Å²) in [6.07, 6.45) is 0. The maximum atomic E-state index is 11.9. The Morgan fingerprint density at radius 2 is 2.15 bits per heavy atom. The van der Waals surface area contributed by atoms with E-state index in [1.807, 2.05) is 13.0 Å². The number of amides is 1. The first kappa shape index (κ1) is 14.5. The van der Waals surface area contributed by atoms with Crippen molar-refractivity contribution in [2.45, 2.75) is 19.9 Å². The van der Waals surface area contributed by atoms with Crippen molar-refractivity contribution in [2.75, 3.05) is 24.8 Å². The summed E-state index contributed by atoms with van der Waals surface area (Å²) in [7, 11) is 3.44. The summed E-state index contributed by atoms with van der Waals surface area (Å²) in [4.78, 5) is 24.0. The quantitative estimate of drug-likeness (QED) is 0.579. The second-order valence-electron chi connectivity index (χ2n) is 4.71. The number of carbonyl (C=O) groups excluding carboxylic acids is 1. The average Bonchev–Trinajstić information content (AvgIpc) is 2.77. The molecular formula is C12H18N6OS. The molecule has 2 heterocycles. The molecule has 0 radical (unpaired) electrons. The molecule has 8 heteroatoms. The number of hydrazine groups is 1. The molecule has 1 amide bonds. The Balaban J connectivity index is 2.39. The van der Waals surface area contributed by atoms with Crippen molar-refractivity contribution in [3.8, 4) is 0 Å². The number of nitrogen functional groups attached to an aromatic ring is 1. The standard InChI is InChI=1S/C12H18N6OS/c1-6-5-8-9(14-7(2)11(19)18(3)4)15-12(17-13)16-10(8)20-6/h5,7H,13H2,1-4H3,(H2,14,15,16,17). The van der Waals surface area contributed by atoms with Crippen LogP contribution in [0.2, 0.25) is 0 Å². The van der Waals surface area contributed by atoms with E-state index in [-0.39, 0.29) is 11.9 Å². The van der Waals surface area contributed by atoms with Gasteiger partial charge in [-0.2, -0.15) is 4.98 Å². The Morgan fingerprint density at radius 1 is 1.45 bits per heavy atom. The van der Waals surface area contributed by atoms with Crippen molar-refractivity contribution in [1.29, 1.82) is 0 Å². The Kier molecular flexibility index (Phi) is 4.05. The number of thiophene rings is 1. The molecule has 0 aliphatic carbocycles. The van der Waals surface area contributed by atoms with E-state index in [1.54, 1.807) is 32.4 Å². The monoisotopic (exact) mass is 294 g/mol. The van der Waals surface area contributed by atoms with Crippen LogP contribution in [0.4, 0.5) is 11.8 Å². The number of nitrogens with zero attached hydrogens (tertiary/aromatic N) is 3. The summed E-state index contributed by atoms with van der Waals surface area (Å²) in [6.45, 7) is 3.80. The van der Waals surface area contributed by atoms with Crippen molar-refractivity contribution in [3.63, 3.8) is 0 Å². The SMILES string of the molecule is Cc1cc2c(NC(C)C(=O)N(C)C)nc(NN)nc2s1. The van der Waals surface area contributed by atoms with E-state index in [0.29, 0.717) is 11.8 Å². The number of hydrogen-bond acceptors (Lipinski definition) is 7. The summed E-state index contributed by atoms with van der Waals surface area (Å²) in [5.74, 6) is 6.29. The summed E-state index contributed by atoms with van der Waals surface area (Å²) in [5, 5.41) is 4.02. The van der Waals surface area contributed by atoms with Gasteiger partial charge in [-0.05, 0) is 19.9 Å². The molecule has 0 fully saturated rings. The average molecular weight is 294 g/mol. The number of carbonyl (C=O) groups is 1. The Labute approximate surface area is 121 Å². The first-order valence-corrected chi connectivity index (χ1v) is 6.96. The Morgan fingerprint density at radius 3 is 2.75 bits per heavy atom. The lowest BCUT2D eigenvalue weighted by molar-refractivity contribution is -0.129. The molecule has 7 nitrogen and oxygen atoms in total. The summed E-state index contributed by atoms with van der Waals surface area (Å²) < 4.78 is 0. The van der Waals surface area contributed by atoms with Crippen molar-refractivity contribution in [1.82, 2.24) is 14.9 Å². The molecule has 2 aromatic heterocycles. The Bertz CT molecular complexity index is 638.